The van der Waals surface area contributed by atoms with Crippen LogP contribution >= 0.6 is 7.37 Å². The zero-order chi connectivity index (χ0) is 29.1. The van der Waals surface area contributed by atoms with Crippen LogP contribution in [0, 0.1) is 5.92 Å². The van der Waals surface area contributed by atoms with Crippen LogP contribution in [0.1, 0.15) is 20.3 Å². The number of ether oxygens (including phenoxy) is 1. The molecule has 0 aliphatic heterocycles. The summed E-state index contributed by atoms with van der Waals surface area (Å²) < 4.78 is 25.0. The maximum Gasteiger partial charge on any atom is 0.412 e. The first-order valence-corrected chi connectivity index (χ1v) is 14.2. The second kappa shape index (κ2) is 14.2. The first kappa shape index (κ1) is 30.3. The van der Waals surface area contributed by atoms with Crippen LogP contribution in [-0.2, 0) is 28.2 Å². The van der Waals surface area contributed by atoms with Crippen molar-refractivity contribution in [2.45, 2.75) is 32.4 Å². The Labute approximate surface area is 232 Å². The van der Waals surface area contributed by atoms with Gasteiger partial charge in [0.05, 0.1) is 6.42 Å². The lowest BCUT2D eigenvalue weighted by Gasteiger charge is -2.24. The van der Waals surface area contributed by atoms with E-state index in [4.69, 9.17) is 9.26 Å². The molecule has 3 aromatic rings. The number of hydrogen-bond donors (Lipinski definition) is 3. The number of ketones is 1. The summed E-state index contributed by atoms with van der Waals surface area (Å²) in [7, 11) is -3.73. The van der Waals surface area contributed by atoms with Crippen LogP contribution < -0.4 is 21.2 Å². The van der Waals surface area contributed by atoms with Gasteiger partial charge in [-0.2, -0.15) is 0 Å². The van der Waals surface area contributed by atoms with Gasteiger partial charge < -0.3 is 19.7 Å². The van der Waals surface area contributed by atoms with Gasteiger partial charge in [-0.3, -0.25) is 24.3 Å². The van der Waals surface area contributed by atoms with Crippen LogP contribution in [-0.4, -0.2) is 47.6 Å². The Bertz CT molecular complexity index is 1310. The van der Waals surface area contributed by atoms with Gasteiger partial charge in [0, 0.05) is 16.3 Å². The van der Waals surface area contributed by atoms with Gasteiger partial charge in [0.1, 0.15) is 12.6 Å². The Morgan fingerprint density at radius 3 is 1.80 bits per heavy atom. The molecule has 10 nitrogen and oxygen atoms in total. The Kier molecular flexibility index (Phi) is 10.8. The molecule has 0 saturated carbocycles. The SMILES string of the molecule is CC(C)C(OC(=O)Nc1ccccc1)C(=O)NC(CC(=O)O)C(=O)COP(=O)(c1ccccc1)c1ccccc1. The fourth-order valence-corrected chi connectivity index (χ4v) is 5.79. The van der Waals surface area contributed by atoms with E-state index in [1.54, 1.807) is 105 Å². The maximum absolute atomic E-state index is 14.0. The van der Waals surface area contributed by atoms with E-state index in [9.17, 15) is 28.8 Å². The Morgan fingerprint density at radius 2 is 1.32 bits per heavy atom. The van der Waals surface area contributed by atoms with Crippen LogP contribution in [0.4, 0.5) is 10.5 Å². The van der Waals surface area contributed by atoms with Crippen molar-refractivity contribution >= 4 is 47.4 Å². The summed E-state index contributed by atoms with van der Waals surface area (Å²) in [5, 5.41) is 15.0. The molecular weight excluding hydrogens is 535 g/mol. The highest BCUT2D eigenvalue weighted by Crippen LogP contribution is 2.44. The third-order valence-corrected chi connectivity index (χ3v) is 8.23. The first-order valence-electron chi connectivity index (χ1n) is 12.5. The molecule has 2 atom stereocenters. The Morgan fingerprint density at radius 1 is 0.825 bits per heavy atom. The number of anilines is 1. The maximum atomic E-state index is 14.0. The summed E-state index contributed by atoms with van der Waals surface area (Å²) in [5.41, 5.74) is 0.452. The molecular formula is C29H31N2O8P. The summed E-state index contributed by atoms with van der Waals surface area (Å²) in [6.07, 6.45) is -2.97. The van der Waals surface area contributed by atoms with Gasteiger partial charge in [-0.15, -0.1) is 0 Å². The van der Waals surface area contributed by atoms with E-state index in [0.717, 1.165) is 0 Å². The third kappa shape index (κ3) is 8.36. The fourth-order valence-electron chi connectivity index (χ4n) is 3.75. The highest BCUT2D eigenvalue weighted by atomic mass is 31.2. The second-order valence-corrected chi connectivity index (χ2v) is 11.6. The molecule has 0 fully saturated rings. The van der Waals surface area contributed by atoms with Gasteiger partial charge in [-0.05, 0) is 42.3 Å². The summed E-state index contributed by atoms with van der Waals surface area (Å²) >= 11 is 0. The minimum atomic E-state index is -3.73. The Balaban J connectivity index is 1.74. The molecule has 0 radical (unpaired) electrons. The molecule has 0 bridgehead atoms. The van der Waals surface area contributed by atoms with Crippen LogP contribution in [0.15, 0.2) is 91.0 Å². The number of amides is 2. The number of aliphatic carboxylic acids is 1. The predicted octanol–water partition coefficient (Wildman–Crippen LogP) is 3.73. The molecule has 3 N–H and O–H groups in total. The second-order valence-electron chi connectivity index (χ2n) is 9.18. The van der Waals surface area contributed by atoms with Crippen LogP contribution in [0.25, 0.3) is 0 Å². The number of para-hydroxylation sites is 1. The largest absolute Gasteiger partial charge is 0.481 e. The minimum absolute atomic E-state index is 0.352. The number of carboxylic acid groups (broad SMARTS) is 1. The zero-order valence-electron chi connectivity index (χ0n) is 22.1. The average molecular weight is 567 g/mol. The van der Waals surface area contributed by atoms with E-state index >= 15 is 0 Å². The summed E-state index contributed by atoms with van der Waals surface area (Å²) in [6.45, 7) is 2.53. The smallest absolute Gasteiger partial charge is 0.412 e. The molecule has 0 spiro atoms. The molecule has 0 aliphatic rings. The topological polar surface area (TPSA) is 148 Å². The molecule has 11 heteroatoms. The molecule has 40 heavy (non-hydrogen) atoms. The summed E-state index contributed by atoms with van der Waals surface area (Å²) in [5.74, 6) is -3.52. The number of benzene rings is 3. The van der Waals surface area contributed by atoms with Crippen molar-refractivity contribution < 1.29 is 38.1 Å². The summed E-state index contributed by atoms with van der Waals surface area (Å²) in [4.78, 5) is 50.1. The van der Waals surface area contributed by atoms with Gasteiger partial charge in [-0.25, -0.2) is 4.79 Å². The van der Waals surface area contributed by atoms with Gasteiger partial charge in [0.2, 0.25) is 0 Å². The van der Waals surface area contributed by atoms with Gasteiger partial charge in [0.15, 0.2) is 11.9 Å². The molecule has 0 aliphatic carbocycles. The van der Waals surface area contributed by atoms with Crippen molar-refractivity contribution in [2.24, 2.45) is 5.92 Å². The lowest BCUT2D eigenvalue weighted by Crippen LogP contribution is -2.50. The molecule has 210 valence electrons. The average Bonchev–Trinajstić information content (AvgIpc) is 2.95. The van der Waals surface area contributed by atoms with E-state index in [2.05, 4.69) is 10.6 Å². The van der Waals surface area contributed by atoms with Crippen LogP contribution in [0.3, 0.4) is 0 Å². The molecule has 3 aromatic carbocycles. The van der Waals surface area contributed by atoms with Crippen molar-refractivity contribution in [2.75, 3.05) is 11.9 Å². The summed E-state index contributed by atoms with van der Waals surface area (Å²) in [6, 6.07) is 23.6. The van der Waals surface area contributed by atoms with E-state index in [1.165, 1.54) is 0 Å². The van der Waals surface area contributed by atoms with E-state index in [0.29, 0.717) is 16.3 Å². The van der Waals surface area contributed by atoms with E-state index < -0.39 is 62.2 Å². The minimum Gasteiger partial charge on any atom is -0.481 e. The van der Waals surface area contributed by atoms with Crippen LogP contribution in [0.2, 0.25) is 0 Å². The van der Waals surface area contributed by atoms with Gasteiger partial charge in [-0.1, -0.05) is 68.4 Å². The highest BCUT2D eigenvalue weighted by Gasteiger charge is 2.34. The molecule has 2 unspecified atom stereocenters. The predicted molar refractivity (Wildman–Crippen MR) is 150 cm³/mol. The highest BCUT2D eigenvalue weighted by molar-refractivity contribution is 7.74. The fraction of sp³-hybridized carbons (Fsp3) is 0.241. The van der Waals surface area contributed by atoms with Crippen molar-refractivity contribution in [3.8, 4) is 0 Å². The standard InChI is InChI=1S/C29H31N2O8P/c1-20(2)27(39-29(36)30-21-12-6-3-7-13-21)28(35)31-24(18-26(33)34)25(32)19-38-40(37,22-14-8-4-9-15-22)23-16-10-5-11-17-23/h3-17,20,24,27H,18-19H2,1-2H3,(H,30,36)(H,31,35)(H,33,34). The van der Waals surface area contributed by atoms with Crippen molar-refractivity contribution in [3.63, 3.8) is 0 Å². The number of Topliss-reactive ketones (excluding diaryl/α,β-unsaturated/α-hetero) is 1. The van der Waals surface area contributed by atoms with Gasteiger partial charge >= 0.3 is 12.1 Å². The molecule has 3 rings (SSSR count). The lowest BCUT2D eigenvalue weighted by molar-refractivity contribution is -0.141. The quantitative estimate of drug-likeness (QED) is 0.265. The third-order valence-electron chi connectivity index (χ3n) is 5.78. The first-order chi connectivity index (χ1) is 19.1. The normalized spacial score (nSPS) is 12.7. The lowest BCUT2D eigenvalue weighted by atomic mass is 10.0. The van der Waals surface area contributed by atoms with E-state index in [1.807, 2.05) is 0 Å². The number of rotatable bonds is 13. The number of carbonyl (C=O) groups excluding carboxylic acids is 3. The van der Waals surface area contributed by atoms with Crippen LogP contribution in [0.5, 0.6) is 0 Å². The number of nitrogens with one attached hydrogen (secondary N) is 2. The number of hydrogen-bond acceptors (Lipinski definition) is 7. The monoisotopic (exact) mass is 566 g/mol. The van der Waals surface area contributed by atoms with E-state index in [-0.39, 0.29) is 0 Å². The molecule has 0 heterocycles. The molecule has 0 aromatic heterocycles. The van der Waals surface area contributed by atoms with Crippen molar-refractivity contribution in [1.82, 2.24) is 5.32 Å². The Hall–Kier alpha value is -4.27. The van der Waals surface area contributed by atoms with Gasteiger partial charge in [0.25, 0.3) is 13.3 Å². The van der Waals surface area contributed by atoms with Crippen molar-refractivity contribution in [3.05, 3.63) is 91.0 Å². The molecule has 0 saturated heterocycles. The number of carbonyl (C=O) groups is 4. The number of carboxylic acids is 1. The van der Waals surface area contributed by atoms with Crippen molar-refractivity contribution in [1.29, 1.82) is 0 Å². The molecule has 2 amide bonds. The zero-order valence-corrected chi connectivity index (χ0v) is 23.0.